The van der Waals surface area contributed by atoms with Crippen LogP contribution in [0.3, 0.4) is 0 Å². The minimum atomic E-state index is 0.581. The molecule has 0 aliphatic carbocycles. The average Bonchev–Trinajstić information content (AvgIpc) is 2.65. The zero-order chi connectivity index (χ0) is 14.7. The van der Waals surface area contributed by atoms with Crippen LogP contribution in [0.2, 0.25) is 0 Å². The first-order valence-electron chi connectivity index (χ1n) is 6.68. The van der Waals surface area contributed by atoms with Crippen molar-refractivity contribution in [2.45, 2.75) is 27.2 Å². The predicted octanol–water partition coefficient (Wildman–Crippen LogP) is 3.41. The predicted molar refractivity (Wildman–Crippen MR) is 88.3 cm³/mol. The minimum Gasteiger partial charge on any atom is -0.332 e. The normalized spacial score (nSPS) is 10.4. The van der Waals surface area contributed by atoms with Crippen LogP contribution >= 0.6 is 12.2 Å². The van der Waals surface area contributed by atoms with E-state index in [0.717, 1.165) is 29.2 Å². The number of hydrogen-bond acceptors (Lipinski definition) is 2. The summed E-state index contributed by atoms with van der Waals surface area (Å²) in [4.78, 5) is 0. The number of nitrogens with zero attached hydrogens (tertiary/aromatic N) is 2. The van der Waals surface area contributed by atoms with Crippen molar-refractivity contribution in [3.05, 3.63) is 41.2 Å². The quantitative estimate of drug-likeness (QED) is 0.849. The zero-order valence-electron chi connectivity index (χ0n) is 12.3. The first-order chi connectivity index (χ1) is 9.51. The van der Waals surface area contributed by atoms with Crippen molar-refractivity contribution in [1.82, 2.24) is 9.78 Å². The Hall–Kier alpha value is -1.88. The summed E-state index contributed by atoms with van der Waals surface area (Å²) < 4.78 is 1.85. The van der Waals surface area contributed by atoms with E-state index in [-0.39, 0.29) is 0 Å². The molecule has 1 aromatic carbocycles. The molecular weight excluding hydrogens is 268 g/mol. The molecule has 4 nitrogen and oxygen atoms in total. The van der Waals surface area contributed by atoms with Gasteiger partial charge in [-0.2, -0.15) is 5.10 Å². The molecule has 1 heterocycles. The molecule has 0 unspecified atom stereocenters. The third-order valence-electron chi connectivity index (χ3n) is 3.34. The number of aryl methyl sites for hydroxylation is 3. The Bertz CT molecular complexity index is 631. The Morgan fingerprint density at radius 3 is 2.65 bits per heavy atom. The van der Waals surface area contributed by atoms with Crippen molar-refractivity contribution in [2.24, 2.45) is 7.05 Å². The number of benzene rings is 1. The number of rotatable bonds is 3. The van der Waals surface area contributed by atoms with E-state index in [1.54, 1.807) is 0 Å². The maximum absolute atomic E-state index is 5.37. The summed E-state index contributed by atoms with van der Waals surface area (Å²) in [5.41, 5.74) is 5.26. The molecule has 1 aromatic heterocycles. The Morgan fingerprint density at radius 2 is 2.05 bits per heavy atom. The number of nitrogens with one attached hydrogen (secondary N) is 2. The first kappa shape index (κ1) is 14.5. The molecule has 20 heavy (non-hydrogen) atoms. The standard InChI is InChI=1S/C15H20N4S/c1-5-12-7-6-8-13(9-12)16-15(20)17-14-10(2)18-19(4)11(14)3/h6-9H,5H2,1-4H3,(H2,16,17,20). The van der Waals surface area contributed by atoms with Gasteiger partial charge in [0.15, 0.2) is 5.11 Å². The van der Waals surface area contributed by atoms with E-state index in [9.17, 15) is 0 Å². The van der Waals surface area contributed by atoms with Crippen molar-refractivity contribution in [3.8, 4) is 0 Å². The fourth-order valence-electron chi connectivity index (χ4n) is 2.10. The van der Waals surface area contributed by atoms with E-state index >= 15 is 0 Å². The monoisotopic (exact) mass is 288 g/mol. The van der Waals surface area contributed by atoms with Gasteiger partial charge in [-0.3, -0.25) is 4.68 Å². The smallest absolute Gasteiger partial charge is 0.175 e. The lowest BCUT2D eigenvalue weighted by Gasteiger charge is -2.11. The van der Waals surface area contributed by atoms with Crippen LogP contribution in [0.4, 0.5) is 11.4 Å². The summed E-state index contributed by atoms with van der Waals surface area (Å²) in [6.07, 6.45) is 1.01. The lowest BCUT2D eigenvalue weighted by atomic mass is 10.1. The summed E-state index contributed by atoms with van der Waals surface area (Å²) in [5, 5.41) is 11.4. The molecule has 0 spiro atoms. The van der Waals surface area contributed by atoms with E-state index in [4.69, 9.17) is 12.2 Å². The molecule has 2 rings (SSSR count). The molecule has 0 aliphatic heterocycles. The lowest BCUT2D eigenvalue weighted by Crippen LogP contribution is -2.20. The van der Waals surface area contributed by atoms with Crippen LogP contribution in [0.5, 0.6) is 0 Å². The number of anilines is 2. The maximum Gasteiger partial charge on any atom is 0.175 e. The van der Waals surface area contributed by atoms with Gasteiger partial charge in [0.25, 0.3) is 0 Å². The van der Waals surface area contributed by atoms with Crippen molar-refractivity contribution in [3.63, 3.8) is 0 Å². The highest BCUT2D eigenvalue weighted by molar-refractivity contribution is 7.80. The average molecular weight is 288 g/mol. The first-order valence-corrected chi connectivity index (χ1v) is 7.09. The van der Waals surface area contributed by atoms with Crippen molar-refractivity contribution < 1.29 is 0 Å². The van der Waals surface area contributed by atoms with Gasteiger partial charge in [-0.05, 0) is 50.2 Å². The molecule has 0 aliphatic rings. The molecule has 0 saturated heterocycles. The summed E-state index contributed by atoms with van der Waals surface area (Å²) >= 11 is 5.37. The lowest BCUT2D eigenvalue weighted by molar-refractivity contribution is 0.731. The second-order valence-corrected chi connectivity index (χ2v) is 5.21. The van der Waals surface area contributed by atoms with E-state index in [0.29, 0.717) is 5.11 Å². The van der Waals surface area contributed by atoms with Gasteiger partial charge in [0.05, 0.1) is 17.1 Å². The molecule has 0 fully saturated rings. The van der Waals surface area contributed by atoms with E-state index in [1.165, 1.54) is 5.56 Å². The summed E-state index contributed by atoms with van der Waals surface area (Å²) in [5.74, 6) is 0. The highest BCUT2D eigenvalue weighted by Gasteiger charge is 2.10. The molecule has 0 atom stereocenters. The molecule has 0 amide bonds. The number of thiocarbonyl (C=S) groups is 1. The third kappa shape index (κ3) is 3.17. The molecule has 5 heteroatoms. The fraction of sp³-hybridized carbons (Fsp3) is 0.333. The molecule has 0 bridgehead atoms. The van der Waals surface area contributed by atoms with Gasteiger partial charge in [-0.25, -0.2) is 0 Å². The zero-order valence-corrected chi connectivity index (χ0v) is 13.1. The van der Waals surface area contributed by atoms with E-state index in [1.807, 2.05) is 37.7 Å². The van der Waals surface area contributed by atoms with Crippen LogP contribution in [0.25, 0.3) is 0 Å². The molecule has 0 radical (unpaired) electrons. The van der Waals surface area contributed by atoms with Gasteiger partial charge in [0, 0.05) is 12.7 Å². The van der Waals surface area contributed by atoms with Gasteiger partial charge >= 0.3 is 0 Å². The minimum absolute atomic E-state index is 0.581. The van der Waals surface area contributed by atoms with Crippen LogP contribution in [0, 0.1) is 13.8 Å². The largest absolute Gasteiger partial charge is 0.332 e. The molecule has 2 N–H and O–H groups in total. The highest BCUT2D eigenvalue weighted by Crippen LogP contribution is 2.19. The van der Waals surface area contributed by atoms with Gasteiger partial charge in [-0.1, -0.05) is 19.1 Å². The third-order valence-corrected chi connectivity index (χ3v) is 3.54. The summed E-state index contributed by atoms with van der Waals surface area (Å²) in [6.45, 7) is 6.12. The topological polar surface area (TPSA) is 41.9 Å². The Morgan fingerprint density at radius 1 is 1.30 bits per heavy atom. The van der Waals surface area contributed by atoms with E-state index in [2.05, 4.69) is 34.8 Å². The molecule has 0 saturated carbocycles. The second kappa shape index (κ2) is 6.05. The second-order valence-electron chi connectivity index (χ2n) is 4.80. The Kier molecular flexibility index (Phi) is 4.39. The van der Waals surface area contributed by atoms with Gasteiger partial charge in [0.2, 0.25) is 0 Å². The number of aromatic nitrogens is 2. The molecule has 2 aromatic rings. The Labute approximate surface area is 125 Å². The highest BCUT2D eigenvalue weighted by atomic mass is 32.1. The summed E-state index contributed by atoms with van der Waals surface area (Å²) in [7, 11) is 1.93. The van der Waals surface area contributed by atoms with Crippen molar-refractivity contribution >= 4 is 28.7 Å². The Balaban J connectivity index is 2.09. The maximum atomic E-state index is 5.37. The van der Waals surface area contributed by atoms with Crippen LogP contribution in [-0.2, 0) is 13.5 Å². The van der Waals surface area contributed by atoms with E-state index < -0.39 is 0 Å². The van der Waals surface area contributed by atoms with Crippen molar-refractivity contribution in [2.75, 3.05) is 10.6 Å². The van der Waals surface area contributed by atoms with Gasteiger partial charge in [0.1, 0.15) is 0 Å². The number of hydrogen-bond donors (Lipinski definition) is 2. The van der Waals surface area contributed by atoms with Crippen LogP contribution in [-0.4, -0.2) is 14.9 Å². The van der Waals surface area contributed by atoms with Gasteiger partial charge in [-0.15, -0.1) is 0 Å². The molecular formula is C15H20N4S. The fourth-order valence-corrected chi connectivity index (χ4v) is 2.32. The summed E-state index contributed by atoms with van der Waals surface area (Å²) in [6, 6.07) is 8.26. The van der Waals surface area contributed by atoms with Crippen LogP contribution in [0.15, 0.2) is 24.3 Å². The van der Waals surface area contributed by atoms with Gasteiger partial charge < -0.3 is 10.6 Å². The van der Waals surface area contributed by atoms with Crippen molar-refractivity contribution in [1.29, 1.82) is 0 Å². The van der Waals surface area contributed by atoms with Crippen LogP contribution < -0.4 is 10.6 Å². The SMILES string of the molecule is CCc1cccc(NC(=S)Nc2c(C)nn(C)c2C)c1. The molecule has 106 valence electrons. The van der Waals surface area contributed by atoms with Crippen LogP contribution in [0.1, 0.15) is 23.9 Å².